The zero-order valence-electron chi connectivity index (χ0n) is 61.8. The van der Waals surface area contributed by atoms with Crippen LogP contribution in [0.5, 0.6) is 0 Å². The van der Waals surface area contributed by atoms with Crippen molar-refractivity contribution in [1.29, 1.82) is 0 Å². The molecule has 0 amide bonds. The summed E-state index contributed by atoms with van der Waals surface area (Å²) in [6, 6.07) is 0. The van der Waals surface area contributed by atoms with E-state index in [1.807, 2.05) is 0 Å². The standard InChI is InChI=1S/C76H148O17P2/c1-6-9-12-15-18-20-22-24-29-33-37-40-45-50-55-60-74(79)87-66-72(93-76(81)62-57-52-47-42-38-34-31-28-26-25-27-30-32-35-39-44-48-53-58-69(4)5)68-91-95(84,85)89-64-70(77)63-88-94(82,83)90-67-71(65-86-73(78)59-54-49-43-17-14-11-8-3)92-75(80)61-56-51-46-41-36-23-21-19-16-13-10-7-2/h69-72,77H,6-68H2,1-5H3,(H,82,83)(H,84,85)/t70-,71+,72+/m0/s1. The van der Waals surface area contributed by atoms with Gasteiger partial charge in [0.1, 0.15) is 19.3 Å². The number of ether oxygens (including phenoxy) is 4. The van der Waals surface area contributed by atoms with Crippen LogP contribution in [0.3, 0.4) is 0 Å². The Morgan fingerprint density at radius 3 is 0.716 bits per heavy atom. The van der Waals surface area contributed by atoms with Crippen molar-refractivity contribution in [3.63, 3.8) is 0 Å². The Morgan fingerprint density at radius 1 is 0.284 bits per heavy atom. The lowest BCUT2D eigenvalue weighted by atomic mass is 10.0. The first-order valence-electron chi connectivity index (χ1n) is 39.6. The molecule has 0 aromatic rings. The quantitative estimate of drug-likeness (QED) is 0.0222. The van der Waals surface area contributed by atoms with E-state index in [9.17, 15) is 43.2 Å². The van der Waals surface area contributed by atoms with Crippen molar-refractivity contribution in [3.8, 4) is 0 Å². The lowest BCUT2D eigenvalue weighted by Gasteiger charge is -2.21. The predicted octanol–water partition coefficient (Wildman–Crippen LogP) is 22.5. The predicted molar refractivity (Wildman–Crippen MR) is 386 cm³/mol. The Bertz CT molecular complexity index is 1820. The molecule has 564 valence electrons. The van der Waals surface area contributed by atoms with Crippen molar-refractivity contribution in [2.45, 2.75) is 419 Å². The molecule has 0 spiro atoms. The fourth-order valence-corrected chi connectivity index (χ4v) is 13.3. The van der Waals surface area contributed by atoms with Gasteiger partial charge in [0.25, 0.3) is 0 Å². The summed E-state index contributed by atoms with van der Waals surface area (Å²) in [4.78, 5) is 72.6. The molecule has 3 N–H and O–H groups in total. The molecule has 0 aromatic carbocycles. The minimum atomic E-state index is -4.96. The van der Waals surface area contributed by atoms with Crippen molar-refractivity contribution in [3.05, 3.63) is 0 Å². The van der Waals surface area contributed by atoms with E-state index < -0.39 is 97.5 Å². The number of aliphatic hydroxyl groups is 1. The molecule has 0 bridgehead atoms. The van der Waals surface area contributed by atoms with Crippen LogP contribution in [0.15, 0.2) is 0 Å². The van der Waals surface area contributed by atoms with Crippen LogP contribution >= 0.6 is 15.6 Å². The van der Waals surface area contributed by atoms with E-state index in [1.54, 1.807) is 0 Å². The number of phosphoric acid groups is 2. The highest BCUT2D eigenvalue weighted by Gasteiger charge is 2.30. The van der Waals surface area contributed by atoms with Gasteiger partial charge in [-0.2, -0.15) is 0 Å². The first-order valence-corrected chi connectivity index (χ1v) is 42.6. The van der Waals surface area contributed by atoms with E-state index in [1.165, 1.54) is 212 Å². The van der Waals surface area contributed by atoms with Gasteiger partial charge in [-0.15, -0.1) is 0 Å². The number of carbonyl (C=O) groups is 4. The summed E-state index contributed by atoms with van der Waals surface area (Å²) in [5.41, 5.74) is 0. The van der Waals surface area contributed by atoms with Gasteiger partial charge in [0, 0.05) is 25.7 Å². The Morgan fingerprint density at radius 2 is 0.484 bits per heavy atom. The van der Waals surface area contributed by atoms with Crippen LogP contribution in [0.4, 0.5) is 0 Å². The highest BCUT2D eigenvalue weighted by molar-refractivity contribution is 7.47. The molecule has 19 heteroatoms. The maximum Gasteiger partial charge on any atom is 0.472 e. The van der Waals surface area contributed by atoms with Crippen LogP contribution in [0.25, 0.3) is 0 Å². The number of phosphoric ester groups is 2. The van der Waals surface area contributed by atoms with E-state index in [0.29, 0.717) is 25.7 Å². The van der Waals surface area contributed by atoms with Crippen LogP contribution < -0.4 is 0 Å². The molecule has 5 atom stereocenters. The molecular weight excluding hydrogens is 1250 g/mol. The highest BCUT2D eigenvalue weighted by atomic mass is 31.2. The van der Waals surface area contributed by atoms with Crippen molar-refractivity contribution in [2.75, 3.05) is 39.6 Å². The Balaban J connectivity index is 5.16. The van der Waals surface area contributed by atoms with Gasteiger partial charge in [-0.05, 0) is 31.6 Å². The van der Waals surface area contributed by atoms with Crippen molar-refractivity contribution in [1.82, 2.24) is 0 Å². The molecule has 17 nitrogen and oxygen atoms in total. The number of rotatable bonds is 76. The van der Waals surface area contributed by atoms with Gasteiger partial charge in [-0.3, -0.25) is 37.3 Å². The maximum absolute atomic E-state index is 13.1. The van der Waals surface area contributed by atoms with Gasteiger partial charge in [-0.25, -0.2) is 9.13 Å². The second-order valence-electron chi connectivity index (χ2n) is 27.9. The fourth-order valence-electron chi connectivity index (χ4n) is 11.7. The summed E-state index contributed by atoms with van der Waals surface area (Å²) in [5.74, 6) is -1.30. The summed E-state index contributed by atoms with van der Waals surface area (Å²) in [7, 11) is -9.90. The monoisotopic (exact) mass is 1400 g/mol. The minimum absolute atomic E-state index is 0.107. The molecular formula is C76H148O17P2. The van der Waals surface area contributed by atoms with E-state index in [-0.39, 0.29) is 25.7 Å². The number of unbranched alkanes of at least 4 members (excludes halogenated alkanes) is 48. The molecule has 0 heterocycles. The summed E-state index contributed by atoms with van der Waals surface area (Å²) in [6.07, 6.45) is 58.4. The molecule has 0 aliphatic heterocycles. The second-order valence-corrected chi connectivity index (χ2v) is 30.8. The van der Waals surface area contributed by atoms with E-state index in [0.717, 1.165) is 109 Å². The van der Waals surface area contributed by atoms with E-state index in [2.05, 4.69) is 34.6 Å². The average molecular weight is 1400 g/mol. The number of carbonyl (C=O) groups excluding carboxylic acids is 4. The molecule has 0 fully saturated rings. The molecule has 0 saturated carbocycles. The Kier molecular flexibility index (Phi) is 67.7. The number of aliphatic hydroxyl groups excluding tert-OH is 1. The number of hydrogen-bond donors (Lipinski definition) is 3. The topological polar surface area (TPSA) is 237 Å². The van der Waals surface area contributed by atoms with E-state index >= 15 is 0 Å². The zero-order valence-corrected chi connectivity index (χ0v) is 63.6. The maximum atomic E-state index is 13.1. The van der Waals surface area contributed by atoms with Crippen LogP contribution in [-0.4, -0.2) is 96.7 Å². The van der Waals surface area contributed by atoms with Crippen molar-refractivity contribution in [2.24, 2.45) is 5.92 Å². The first-order chi connectivity index (χ1) is 46.0. The van der Waals surface area contributed by atoms with Gasteiger partial charge in [0.05, 0.1) is 26.4 Å². The minimum Gasteiger partial charge on any atom is -0.462 e. The van der Waals surface area contributed by atoms with Gasteiger partial charge in [0.15, 0.2) is 12.2 Å². The SMILES string of the molecule is CCCCCCCCCCCCCCCCCC(=O)OC[C@H](COP(=O)(O)OC[C@@H](O)COP(=O)(O)OC[C@@H](COC(=O)CCCCCCCCC)OC(=O)CCCCCCCCCCCCCC)OC(=O)CCCCCCCCCCCCCCCCCCCCC(C)C. The van der Waals surface area contributed by atoms with Crippen LogP contribution in [0.1, 0.15) is 401 Å². The molecule has 0 aliphatic carbocycles. The largest absolute Gasteiger partial charge is 0.472 e. The van der Waals surface area contributed by atoms with Gasteiger partial charge in [0.2, 0.25) is 0 Å². The third-order valence-electron chi connectivity index (χ3n) is 17.8. The van der Waals surface area contributed by atoms with Crippen molar-refractivity contribution >= 4 is 39.5 Å². The van der Waals surface area contributed by atoms with Gasteiger partial charge < -0.3 is 33.8 Å². The average Bonchev–Trinajstić information content (AvgIpc) is 1.35. The smallest absolute Gasteiger partial charge is 0.462 e. The molecule has 0 radical (unpaired) electrons. The summed E-state index contributed by atoms with van der Waals surface area (Å²) in [6.45, 7) is 7.29. The molecule has 0 aliphatic rings. The summed E-state index contributed by atoms with van der Waals surface area (Å²) >= 11 is 0. The number of hydrogen-bond acceptors (Lipinski definition) is 15. The van der Waals surface area contributed by atoms with Gasteiger partial charge in [-0.1, -0.05) is 349 Å². The van der Waals surface area contributed by atoms with Gasteiger partial charge >= 0.3 is 39.5 Å². The lowest BCUT2D eigenvalue weighted by molar-refractivity contribution is -0.161. The highest BCUT2D eigenvalue weighted by Crippen LogP contribution is 2.45. The fraction of sp³-hybridized carbons (Fsp3) is 0.947. The second kappa shape index (κ2) is 69.2. The molecule has 2 unspecified atom stereocenters. The Labute approximate surface area is 581 Å². The zero-order chi connectivity index (χ0) is 69.8. The third-order valence-corrected chi connectivity index (χ3v) is 19.7. The summed E-state index contributed by atoms with van der Waals surface area (Å²) < 4.78 is 68.4. The van der Waals surface area contributed by atoms with E-state index in [4.69, 9.17) is 37.0 Å². The van der Waals surface area contributed by atoms with Crippen molar-refractivity contribution < 1.29 is 80.2 Å². The molecule has 0 saturated heterocycles. The molecule has 0 aromatic heterocycles. The van der Waals surface area contributed by atoms with Crippen LogP contribution in [0.2, 0.25) is 0 Å². The normalized spacial score (nSPS) is 13.9. The van der Waals surface area contributed by atoms with Crippen LogP contribution in [-0.2, 0) is 65.4 Å². The summed E-state index contributed by atoms with van der Waals surface area (Å²) in [5, 5.41) is 10.6. The Hall–Kier alpha value is -1.94. The first kappa shape index (κ1) is 93.1. The molecule has 95 heavy (non-hydrogen) atoms. The number of esters is 4. The van der Waals surface area contributed by atoms with Crippen LogP contribution in [0, 0.1) is 5.92 Å². The lowest BCUT2D eigenvalue weighted by Crippen LogP contribution is -2.30. The third kappa shape index (κ3) is 70.3. The molecule has 0 rings (SSSR count).